The van der Waals surface area contributed by atoms with Crippen LogP contribution in [0.3, 0.4) is 0 Å². The monoisotopic (exact) mass is 250 g/mol. The van der Waals surface area contributed by atoms with E-state index >= 15 is 0 Å². The molecule has 0 amide bonds. The Hall–Kier alpha value is -0.900. The topological polar surface area (TPSA) is 24.9 Å². The third kappa shape index (κ3) is 1.75. The molecule has 0 radical (unpaired) electrons. The lowest BCUT2D eigenvalue weighted by atomic mass is 10.1. The van der Waals surface area contributed by atoms with E-state index in [0.29, 0.717) is 0 Å². The highest BCUT2D eigenvalue weighted by molar-refractivity contribution is 7.15. The van der Waals surface area contributed by atoms with Crippen molar-refractivity contribution >= 4 is 22.9 Å². The van der Waals surface area contributed by atoms with Crippen LogP contribution in [0.5, 0.6) is 0 Å². The van der Waals surface area contributed by atoms with Gasteiger partial charge >= 0.3 is 0 Å². The second kappa shape index (κ2) is 4.17. The standard InChI is InChI=1S/C12H11ClN2S/c13-12-9(4-6-16-12)11-2-1-8-7-14-5-3-10(8)15-11/h1-2,4,6,14H,3,5,7H2. The first-order valence-corrected chi connectivity index (χ1v) is 6.53. The smallest absolute Gasteiger partial charge is 0.102 e. The Labute approximate surface area is 103 Å². The molecule has 0 saturated heterocycles. The largest absolute Gasteiger partial charge is 0.312 e. The average Bonchev–Trinajstić information content (AvgIpc) is 2.75. The van der Waals surface area contributed by atoms with Crippen molar-refractivity contribution in [1.82, 2.24) is 10.3 Å². The zero-order chi connectivity index (χ0) is 11.0. The average molecular weight is 251 g/mol. The Balaban J connectivity index is 2.06. The van der Waals surface area contributed by atoms with E-state index < -0.39 is 0 Å². The molecule has 82 valence electrons. The molecular formula is C12H11ClN2S. The quantitative estimate of drug-likeness (QED) is 0.841. The molecule has 4 heteroatoms. The number of hydrogen-bond donors (Lipinski definition) is 1. The van der Waals surface area contributed by atoms with E-state index in [1.807, 2.05) is 11.4 Å². The van der Waals surface area contributed by atoms with E-state index in [4.69, 9.17) is 16.6 Å². The number of fused-ring (bicyclic) bond motifs is 1. The fourth-order valence-electron chi connectivity index (χ4n) is 1.96. The minimum Gasteiger partial charge on any atom is -0.312 e. The summed E-state index contributed by atoms with van der Waals surface area (Å²) < 4.78 is 0.821. The van der Waals surface area contributed by atoms with Crippen molar-refractivity contribution in [1.29, 1.82) is 0 Å². The summed E-state index contributed by atoms with van der Waals surface area (Å²) in [6, 6.07) is 6.24. The van der Waals surface area contributed by atoms with Gasteiger partial charge in [-0.15, -0.1) is 11.3 Å². The number of thiophene rings is 1. The summed E-state index contributed by atoms with van der Waals surface area (Å²) in [6.07, 6.45) is 1.00. The van der Waals surface area contributed by atoms with E-state index in [1.54, 1.807) is 11.3 Å². The maximum atomic E-state index is 6.12. The minimum atomic E-state index is 0.821. The molecule has 0 unspecified atom stereocenters. The first-order valence-electron chi connectivity index (χ1n) is 5.27. The minimum absolute atomic E-state index is 0.821. The molecule has 1 aliphatic rings. The number of nitrogens with zero attached hydrogens (tertiary/aromatic N) is 1. The second-order valence-electron chi connectivity index (χ2n) is 3.84. The molecule has 2 nitrogen and oxygen atoms in total. The van der Waals surface area contributed by atoms with Crippen LogP contribution in [0.25, 0.3) is 11.3 Å². The summed E-state index contributed by atoms with van der Waals surface area (Å²) in [7, 11) is 0. The van der Waals surface area contributed by atoms with Crippen molar-refractivity contribution in [3.63, 3.8) is 0 Å². The zero-order valence-electron chi connectivity index (χ0n) is 8.66. The molecular weight excluding hydrogens is 240 g/mol. The van der Waals surface area contributed by atoms with Crippen molar-refractivity contribution in [3.05, 3.63) is 39.2 Å². The molecule has 0 bridgehead atoms. The Morgan fingerprint density at radius 2 is 2.25 bits per heavy atom. The number of pyridine rings is 1. The molecule has 3 rings (SSSR count). The van der Waals surface area contributed by atoms with Crippen LogP contribution in [-0.4, -0.2) is 11.5 Å². The Bertz CT molecular complexity index is 521. The highest BCUT2D eigenvalue weighted by Crippen LogP contribution is 2.32. The predicted molar refractivity (Wildman–Crippen MR) is 68.0 cm³/mol. The van der Waals surface area contributed by atoms with Gasteiger partial charge in [0.25, 0.3) is 0 Å². The summed E-state index contributed by atoms with van der Waals surface area (Å²) >= 11 is 7.67. The van der Waals surface area contributed by atoms with Crippen LogP contribution in [0.2, 0.25) is 4.34 Å². The van der Waals surface area contributed by atoms with Crippen molar-refractivity contribution in [2.24, 2.45) is 0 Å². The third-order valence-electron chi connectivity index (χ3n) is 2.82. The summed E-state index contributed by atoms with van der Waals surface area (Å²) in [5, 5.41) is 5.34. The maximum Gasteiger partial charge on any atom is 0.102 e. The molecule has 16 heavy (non-hydrogen) atoms. The van der Waals surface area contributed by atoms with Gasteiger partial charge < -0.3 is 5.32 Å². The highest BCUT2D eigenvalue weighted by Gasteiger charge is 2.12. The first-order chi connectivity index (χ1) is 7.84. The van der Waals surface area contributed by atoms with E-state index in [-0.39, 0.29) is 0 Å². The van der Waals surface area contributed by atoms with Crippen molar-refractivity contribution < 1.29 is 0 Å². The van der Waals surface area contributed by atoms with Crippen molar-refractivity contribution in [3.8, 4) is 11.3 Å². The van der Waals surface area contributed by atoms with Crippen LogP contribution in [0.4, 0.5) is 0 Å². The number of nitrogens with one attached hydrogen (secondary N) is 1. The molecule has 3 heterocycles. The van der Waals surface area contributed by atoms with E-state index in [0.717, 1.165) is 35.1 Å². The van der Waals surface area contributed by atoms with Gasteiger partial charge in [-0.25, -0.2) is 0 Å². The van der Waals surface area contributed by atoms with Crippen LogP contribution >= 0.6 is 22.9 Å². The first kappa shape index (κ1) is 10.3. The van der Waals surface area contributed by atoms with Gasteiger partial charge in [-0.05, 0) is 23.1 Å². The van der Waals surface area contributed by atoms with Crippen LogP contribution in [0, 0.1) is 0 Å². The van der Waals surface area contributed by atoms with Gasteiger partial charge in [0.05, 0.1) is 5.69 Å². The molecule has 1 N–H and O–H groups in total. The summed E-state index contributed by atoms with van der Waals surface area (Å²) in [6.45, 7) is 1.95. The summed E-state index contributed by atoms with van der Waals surface area (Å²) in [5.74, 6) is 0. The lowest BCUT2D eigenvalue weighted by Crippen LogP contribution is -2.24. The molecule has 0 fully saturated rings. The molecule has 0 spiro atoms. The van der Waals surface area contributed by atoms with Gasteiger partial charge in [-0.3, -0.25) is 4.98 Å². The Morgan fingerprint density at radius 1 is 1.31 bits per heavy atom. The molecule has 0 atom stereocenters. The van der Waals surface area contributed by atoms with E-state index in [1.165, 1.54) is 11.3 Å². The lowest BCUT2D eigenvalue weighted by Gasteiger charge is -2.16. The summed E-state index contributed by atoms with van der Waals surface area (Å²) in [4.78, 5) is 4.70. The lowest BCUT2D eigenvalue weighted by molar-refractivity contribution is 0.631. The maximum absolute atomic E-state index is 6.12. The van der Waals surface area contributed by atoms with Gasteiger partial charge in [0.1, 0.15) is 4.34 Å². The third-order valence-corrected chi connectivity index (χ3v) is 3.99. The fraction of sp³-hybridized carbons (Fsp3) is 0.250. The molecule has 0 aromatic carbocycles. The van der Waals surface area contributed by atoms with Crippen LogP contribution in [0.15, 0.2) is 23.6 Å². The Morgan fingerprint density at radius 3 is 3.06 bits per heavy atom. The SMILES string of the molecule is Clc1sccc1-c1ccc2c(n1)CCNC2. The summed E-state index contributed by atoms with van der Waals surface area (Å²) in [5.41, 5.74) is 4.56. The fourth-order valence-corrected chi connectivity index (χ4v) is 2.90. The van der Waals surface area contributed by atoms with Crippen LogP contribution in [0.1, 0.15) is 11.3 Å². The molecule has 0 saturated carbocycles. The number of aromatic nitrogens is 1. The normalized spacial score (nSPS) is 14.8. The number of hydrogen-bond acceptors (Lipinski definition) is 3. The van der Waals surface area contributed by atoms with Gasteiger partial charge in [-0.2, -0.15) is 0 Å². The highest BCUT2D eigenvalue weighted by atomic mass is 35.5. The van der Waals surface area contributed by atoms with Crippen molar-refractivity contribution in [2.75, 3.05) is 6.54 Å². The zero-order valence-corrected chi connectivity index (χ0v) is 10.2. The van der Waals surface area contributed by atoms with Gasteiger partial charge in [0, 0.05) is 30.8 Å². The number of rotatable bonds is 1. The Kier molecular flexibility index (Phi) is 2.67. The number of halogens is 1. The molecule has 2 aromatic heterocycles. The second-order valence-corrected chi connectivity index (χ2v) is 5.36. The van der Waals surface area contributed by atoms with Crippen LogP contribution in [-0.2, 0) is 13.0 Å². The molecule has 2 aromatic rings. The van der Waals surface area contributed by atoms with Crippen molar-refractivity contribution in [2.45, 2.75) is 13.0 Å². The van der Waals surface area contributed by atoms with Crippen LogP contribution < -0.4 is 5.32 Å². The van der Waals surface area contributed by atoms with Gasteiger partial charge in [0.15, 0.2) is 0 Å². The van der Waals surface area contributed by atoms with E-state index in [2.05, 4.69) is 17.4 Å². The van der Waals surface area contributed by atoms with E-state index in [9.17, 15) is 0 Å². The molecule has 1 aliphatic heterocycles. The predicted octanol–water partition coefficient (Wildman–Crippen LogP) is 3.11. The molecule has 0 aliphatic carbocycles. The van der Waals surface area contributed by atoms with Gasteiger partial charge in [-0.1, -0.05) is 17.7 Å². The van der Waals surface area contributed by atoms with Gasteiger partial charge in [0.2, 0.25) is 0 Å².